The molecule has 5 heteroatoms. The predicted molar refractivity (Wildman–Crippen MR) is 68.4 cm³/mol. The van der Waals surface area contributed by atoms with E-state index < -0.39 is 0 Å². The zero-order valence-corrected chi connectivity index (χ0v) is 10.5. The maximum atomic E-state index is 11.9. The molecular formula is C14H16N2O3. The van der Waals surface area contributed by atoms with Gasteiger partial charge in [0.25, 0.3) is 0 Å². The summed E-state index contributed by atoms with van der Waals surface area (Å²) in [5.41, 5.74) is 1.01. The van der Waals surface area contributed by atoms with Gasteiger partial charge in [-0.25, -0.2) is 4.79 Å². The Hall–Kier alpha value is -2.04. The molecule has 100 valence electrons. The van der Waals surface area contributed by atoms with Gasteiger partial charge in [-0.1, -0.05) is 30.3 Å². The normalized spacial score (nSPS) is 27.1. The number of benzene rings is 1. The molecule has 2 aliphatic rings. The van der Waals surface area contributed by atoms with Crippen LogP contribution in [0.3, 0.4) is 0 Å². The number of cyclic esters (lactones) is 1. The average molecular weight is 260 g/mol. The highest BCUT2D eigenvalue weighted by atomic mass is 16.6. The van der Waals surface area contributed by atoms with Crippen molar-refractivity contribution in [2.24, 2.45) is 0 Å². The number of carbonyl (C=O) groups is 2. The van der Waals surface area contributed by atoms with E-state index in [-0.39, 0.29) is 24.1 Å². The zero-order chi connectivity index (χ0) is 13.2. The third kappa shape index (κ3) is 2.41. The Morgan fingerprint density at radius 2 is 2.00 bits per heavy atom. The van der Waals surface area contributed by atoms with Crippen molar-refractivity contribution in [1.82, 2.24) is 10.2 Å². The lowest BCUT2D eigenvalue weighted by Crippen LogP contribution is -2.48. The average Bonchev–Trinajstić information content (AvgIpc) is 2.83. The number of amides is 2. The number of piperidine rings is 1. The molecule has 19 heavy (non-hydrogen) atoms. The van der Waals surface area contributed by atoms with Crippen LogP contribution < -0.4 is 5.32 Å². The Labute approximate surface area is 111 Å². The van der Waals surface area contributed by atoms with E-state index in [2.05, 4.69) is 5.32 Å². The van der Waals surface area contributed by atoms with E-state index in [1.165, 1.54) is 0 Å². The number of nitrogens with zero attached hydrogens (tertiary/aromatic N) is 1. The molecule has 0 radical (unpaired) electrons. The first-order valence-electron chi connectivity index (χ1n) is 6.53. The molecule has 2 heterocycles. The summed E-state index contributed by atoms with van der Waals surface area (Å²) in [5, 5.41) is 2.80. The zero-order valence-electron chi connectivity index (χ0n) is 10.5. The summed E-state index contributed by atoms with van der Waals surface area (Å²) in [4.78, 5) is 24.8. The van der Waals surface area contributed by atoms with E-state index >= 15 is 0 Å². The third-order valence-corrected chi connectivity index (χ3v) is 3.69. The molecule has 2 fully saturated rings. The Morgan fingerprint density at radius 3 is 2.68 bits per heavy atom. The van der Waals surface area contributed by atoms with Gasteiger partial charge >= 0.3 is 6.09 Å². The molecule has 1 N–H and O–H groups in total. The molecule has 3 rings (SSSR count). The molecule has 0 spiro atoms. The van der Waals surface area contributed by atoms with Gasteiger partial charge in [0.05, 0.1) is 12.6 Å². The smallest absolute Gasteiger partial charge is 0.410 e. The van der Waals surface area contributed by atoms with Crippen LogP contribution in [0.1, 0.15) is 24.5 Å². The molecule has 5 nitrogen and oxygen atoms in total. The lowest BCUT2D eigenvalue weighted by atomic mass is 10.0. The van der Waals surface area contributed by atoms with Crippen molar-refractivity contribution in [3.8, 4) is 0 Å². The Balaban J connectivity index is 1.69. The fourth-order valence-corrected chi connectivity index (χ4v) is 2.60. The van der Waals surface area contributed by atoms with Crippen molar-refractivity contribution in [1.29, 1.82) is 0 Å². The number of ether oxygens (including phenoxy) is 1. The maximum Gasteiger partial charge on any atom is 0.410 e. The SMILES string of the molecule is O=C1CCC(N2CC(c3ccccc3)OC2=O)CN1. The Kier molecular flexibility index (Phi) is 3.11. The van der Waals surface area contributed by atoms with Crippen LogP contribution in [0.2, 0.25) is 0 Å². The molecule has 2 saturated heterocycles. The van der Waals surface area contributed by atoms with Gasteiger partial charge < -0.3 is 10.1 Å². The predicted octanol–water partition coefficient (Wildman–Crippen LogP) is 1.46. The Morgan fingerprint density at radius 1 is 1.21 bits per heavy atom. The first-order chi connectivity index (χ1) is 9.24. The van der Waals surface area contributed by atoms with Crippen LogP contribution in [0.4, 0.5) is 4.79 Å². The molecule has 1 aromatic carbocycles. The van der Waals surface area contributed by atoms with Crippen molar-refractivity contribution in [3.63, 3.8) is 0 Å². The van der Waals surface area contributed by atoms with Gasteiger partial charge in [0.1, 0.15) is 6.10 Å². The van der Waals surface area contributed by atoms with Crippen molar-refractivity contribution in [2.45, 2.75) is 25.0 Å². The summed E-state index contributed by atoms with van der Waals surface area (Å²) in [6, 6.07) is 9.79. The van der Waals surface area contributed by atoms with Crippen LogP contribution in [0, 0.1) is 0 Å². The summed E-state index contributed by atoms with van der Waals surface area (Å²) in [6.07, 6.45) is 0.703. The van der Waals surface area contributed by atoms with E-state index in [4.69, 9.17) is 4.74 Å². The fraction of sp³-hybridized carbons (Fsp3) is 0.429. The largest absolute Gasteiger partial charge is 0.439 e. The summed E-state index contributed by atoms with van der Waals surface area (Å²) in [5.74, 6) is 0.0587. The quantitative estimate of drug-likeness (QED) is 0.875. The summed E-state index contributed by atoms with van der Waals surface area (Å²) in [6.45, 7) is 1.08. The number of hydrogen-bond acceptors (Lipinski definition) is 3. The van der Waals surface area contributed by atoms with Crippen LogP contribution in [-0.2, 0) is 9.53 Å². The molecule has 0 saturated carbocycles. The van der Waals surface area contributed by atoms with Gasteiger partial charge in [-0.3, -0.25) is 9.69 Å². The highest BCUT2D eigenvalue weighted by Crippen LogP contribution is 2.28. The van der Waals surface area contributed by atoms with E-state index in [0.717, 1.165) is 5.56 Å². The molecule has 2 atom stereocenters. The lowest BCUT2D eigenvalue weighted by Gasteiger charge is -2.29. The van der Waals surface area contributed by atoms with Crippen LogP contribution in [0.25, 0.3) is 0 Å². The molecule has 2 aliphatic heterocycles. The summed E-state index contributed by atoms with van der Waals surface area (Å²) >= 11 is 0. The summed E-state index contributed by atoms with van der Waals surface area (Å²) in [7, 11) is 0. The maximum absolute atomic E-state index is 11.9. The topological polar surface area (TPSA) is 58.6 Å². The van der Waals surface area contributed by atoms with Gasteiger partial charge in [0.2, 0.25) is 5.91 Å². The van der Waals surface area contributed by atoms with E-state index in [1.54, 1.807) is 4.90 Å². The summed E-state index contributed by atoms with van der Waals surface area (Å²) < 4.78 is 5.41. The third-order valence-electron chi connectivity index (χ3n) is 3.69. The second kappa shape index (κ2) is 4.91. The van der Waals surface area contributed by atoms with Gasteiger partial charge in [-0.05, 0) is 12.0 Å². The fourth-order valence-electron chi connectivity index (χ4n) is 2.60. The van der Waals surface area contributed by atoms with E-state index in [1.807, 2.05) is 30.3 Å². The minimum absolute atomic E-state index is 0.0545. The van der Waals surface area contributed by atoms with Crippen LogP contribution >= 0.6 is 0 Å². The van der Waals surface area contributed by atoms with Crippen LogP contribution in [-0.4, -0.2) is 36.0 Å². The van der Waals surface area contributed by atoms with Gasteiger partial charge in [-0.15, -0.1) is 0 Å². The number of hydrogen-bond donors (Lipinski definition) is 1. The molecule has 2 unspecified atom stereocenters. The van der Waals surface area contributed by atoms with E-state index in [9.17, 15) is 9.59 Å². The van der Waals surface area contributed by atoms with Crippen molar-refractivity contribution >= 4 is 12.0 Å². The Bertz CT molecular complexity index is 479. The van der Waals surface area contributed by atoms with Crippen LogP contribution in [0.15, 0.2) is 30.3 Å². The number of carbonyl (C=O) groups excluding carboxylic acids is 2. The van der Waals surface area contributed by atoms with Crippen molar-refractivity contribution < 1.29 is 14.3 Å². The minimum Gasteiger partial charge on any atom is -0.439 e. The number of rotatable bonds is 2. The van der Waals surface area contributed by atoms with Crippen molar-refractivity contribution in [2.75, 3.05) is 13.1 Å². The highest BCUT2D eigenvalue weighted by Gasteiger charge is 2.37. The number of nitrogens with one attached hydrogen (secondary N) is 1. The monoisotopic (exact) mass is 260 g/mol. The molecule has 1 aromatic rings. The first kappa shape index (κ1) is 12.0. The van der Waals surface area contributed by atoms with Crippen LogP contribution in [0.5, 0.6) is 0 Å². The van der Waals surface area contributed by atoms with Gasteiger partial charge in [0, 0.05) is 13.0 Å². The minimum atomic E-state index is -0.282. The second-order valence-electron chi connectivity index (χ2n) is 4.93. The van der Waals surface area contributed by atoms with E-state index in [0.29, 0.717) is 25.9 Å². The molecule has 0 bridgehead atoms. The standard InChI is InChI=1S/C14H16N2O3/c17-13-7-6-11(8-15-13)16-9-12(19-14(16)18)10-4-2-1-3-5-10/h1-5,11-12H,6-9H2,(H,15,17). The molecule has 0 aromatic heterocycles. The molecule has 0 aliphatic carbocycles. The molecular weight excluding hydrogens is 244 g/mol. The van der Waals surface area contributed by atoms with Crippen molar-refractivity contribution in [3.05, 3.63) is 35.9 Å². The second-order valence-corrected chi connectivity index (χ2v) is 4.93. The molecule has 2 amide bonds. The van der Waals surface area contributed by atoms with Gasteiger partial charge in [0.15, 0.2) is 0 Å². The first-order valence-corrected chi connectivity index (χ1v) is 6.53. The highest BCUT2D eigenvalue weighted by molar-refractivity contribution is 5.77. The lowest BCUT2D eigenvalue weighted by molar-refractivity contribution is -0.123. The van der Waals surface area contributed by atoms with Gasteiger partial charge in [-0.2, -0.15) is 0 Å².